The Bertz CT molecular complexity index is 280. The van der Waals surface area contributed by atoms with E-state index in [-0.39, 0.29) is 11.5 Å². The monoisotopic (exact) mass is 284 g/mol. The third-order valence-electron chi connectivity index (χ3n) is 4.83. The first-order chi connectivity index (χ1) is 9.65. The molecule has 0 bridgehead atoms. The Morgan fingerprint density at radius 2 is 2.30 bits per heavy atom. The van der Waals surface area contributed by atoms with E-state index in [4.69, 9.17) is 4.74 Å². The molecule has 118 valence electrons. The lowest BCUT2D eigenvalue weighted by Crippen LogP contribution is -2.52. The molecule has 0 radical (unpaired) electrons. The summed E-state index contributed by atoms with van der Waals surface area (Å²) >= 11 is 0. The number of hydrogen-bond donors (Lipinski definition) is 2. The standard InChI is InChI=1S/C16H32N2O2/c1-3-7-17-11-16(6-4-9-20-13-16)12-18-8-5-15(19)14(2)10-18/h14-15,17,19H,3-13H2,1-2H3. The molecule has 2 fully saturated rings. The highest BCUT2D eigenvalue weighted by Crippen LogP contribution is 2.31. The van der Waals surface area contributed by atoms with Crippen LogP contribution in [-0.4, -0.2) is 62.0 Å². The lowest BCUT2D eigenvalue weighted by molar-refractivity contribution is -0.0435. The predicted octanol–water partition coefficient (Wildman–Crippen LogP) is 1.49. The van der Waals surface area contributed by atoms with Gasteiger partial charge in [0.05, 0.1) is 12.7 Å². The summed E-state index contributed by atoms with van der Waals surface area (Å²) < 4.78 is 5.79. The minimum atomic E-state index is -0.108. The molecule has 0 amide bonds. The predicted molar refractivity (Wildman–Crippen MR) is 81.9 cm³/mol. The van der Waals surface area contributed by atoms with Crippen molar-refractivity contribution in [2.45, 2.75) is 45.6 Å². The van der Waals surface area contributed by atoms with Crippen molar-refractivity contribution in [1.82, 2.24) is 10.2 Å². The van der Waals surface area contributed by atoms with Gasteiger partial charge in [0.2, 0.25) is 0 Å². The molecule has 2 saturated heterocycles. The summed E-state index contributed by atoms with van der Waals surface area (Å²) in [6.07, 6.45) is 4.43. The third-order valence-corrected chi connectivity index (χ3v) is 4.83. The van der Waals surface area contributed by atoms with Crippen molar-refractivity contribution in [3.8, 4) is 0 Å². The zero-order valence-electron chi connectivity index (χ0n) is 13.2. The molecule has 0 aromatic heterocycles. The Morgan fingerprint density at radius 1 is 1.45 bits per heavy atom. The summed E-state index contributed by atoms with van der Waals surface area (Å²) in [6.45, 7) is 11.5. The number of ether oxygens (including phenoxy) is 1. The Hall–Kier alpha value is -0.160. The second kappa shape index (κ2) is 7.74. The van der Waals surface area contributed by atoms with Gasteiger partial charge in [-0.3, -0.25) is 0 Å². The van der Waals surface area contributed by atoms with E-state index in [9.17, 15) is 5.11 Å². The summed E-state index contributed by atoms with van der Waals surface area (Å²) in [5.41, 5.74) is 0.273. The van der Waals surface area contributed by atoms with Gasteiger partial charge in [-0.1, -0.05) is 13.8 Å². The summed E-state index contributed by atoms with van der Waals surface area (Å²) in [6, 6.07) is 0. The zero-order valence-corrected chi connectivity index (χ0v) is 13.2. The van der Waals surface area contributed by atoms with Gasteiger partial charge in [-0.2, -0.15) is 0 Å². The summed E-state index contributed by atoms with van der Waals surface area (Å²) in [4.78, 5) is 2.54. The number of aliphatic hydroxyl groups excluding tert-OH is 1. The number of rotatable bonds is 6. The van der Waals surface area contributed by atoms with Gasteiger partial charge in [0, 0.05) is 38.2 Å². The van der Waals surface area contributed by atoms with Gasteiger partial charge < -0.3 is 20.1 Å². The fourth-order valence-electron chi connectivity index (χ4n) is 3.60. The van der Waals surface area contributed by atoms with Crippen molar-refractivity contribution in [3.05, 3.63) is 0 Å². The first-order valence-corrected chi connectivity index (χ1v) is 8.34. The van der Waals surface area contributed by atoms with Crippen LogP contribution in [0, 0.1) is 11.3 Å². The first-order valence-electron chi connectivity index (χ1n) is 8.34. The molecule has 3 atom stereocenters. The minimum absolute atomic E-state index is 0.108. The maximum Gasteiger partial charge on any atom is 0.0590 e. The summed E-state index contributed by atoms with van der Waals surface area (Å²) in [7, 11) is 0. The maximum absolute atomic E-state index is 9.88. The third kappa shape index (κ3) is 4.42. The molecule has 2 rings (SSSR count). The Kier molecular flexibility index (Phi) is 6.27. The van der Waals surface area contributed by atoms with Crippen molar-refractivity contribution < 1.29 is 9.84 Å². The van der Waals surface area contributed by atoms with Gasteiger partial charge in [-0.15, -0.1) is 0 Å². The molecule has 2 aliphatic rings. The average Bonchev–Trinajstić information content (AvgIpc) is 2.44. The van der Waals surface area contributed by atoms with Gasteiger partial charge in [-0.05, 0) is 38.1 Å². The molecule has 4 nitrogen and oxygen atoms in total. The molecule has 0 aromatic rings. The number of nitrogens with one attached hydrogen (secondary N) is 1. The van der Waals surface area contributed by atoms with Crippen molar-refractivity contribution in [2.24, 2.45) is 11.3 Å². The second-order valence-corrected chi connectivity index (χ2v) is 6.90. The highest BCUT2D eigenvalue weighted by molar-refractivity contribution is 4.89. The van der Waals surface area contributed by atoms with E-state index in [2.05, 4.69) is 24.1 Å². The Balaban J connectivity index is 1.89. The number of likely N-dealkylation sites (tertiary alicyclic amines) is 1. The Labute approximate surface area is 123 Å². The maximum atomic E-state index is 9.88. The molecular formula is C16H32N2O2. The second-order valence-electron chi connectivity index (χ2n) is 6.90. The van der Waals surface area contributed by atoms with E-state index in [1.807, 2.05) is 0 Å². The summed E-state index contributed by atoms with van der Waals surface area (Å²) in [5, 5.41) is 13.5. The van der Waals surface area contributed by atoms with Gasteiger partial charge in [-0.25, -0.2) is 0 Å². The largest absolute Gasteiger partial charge is 0.393 e. The molecular weight excluding hydrogens is 252 g/mol. The lowest BCUT2D eigenvalue weighted by atomic mass is 9.80. The molecule has 4 heteroatoms. The van der Waals surface area contributed by atoms with Gasteiger partial charge >= 0.3 is 0 Å². The van der Waals surface area contributed by atoms with E-state index < -0.39 is 0 Å². The van der Waals surface area contributed by atoms with E-state index in [1.165, 1.54) is 19.3 Å². The highest BCUT2D eigenvalue weighted by atomic mass is 16.5. The van der Waals surface area contributed by atoms with Crippen LogP contribution in [0.3, 0.4) is 0 Å². The number of piperidine rings is 1. The van der Waals surface area contributed by atoms with Gasteiger partial charge in [0.25, 0.3) is 0 Å². The SMILES string of the molecule is CCCNCC1(CN2CCC(O)C(C)C2)CCCOC1. The smallest absolute Gasteiger partial charge is 0.0590 e. The molecule has 20 heavy (non-hydrogen) atoms. The first kappa shape index (κ1) is 16.2. The van der Waals surface area contributed by atoms with Crippen LogP contribution >= 0.6 is 0 Å². The fourth-order valence-corrected chi connectivity index (χ4v) is 3.60. The van der Waals surface area contributed by atoms with Gasteiger partial charge in [0.1, 0.15) is 0 Å². The molecule has 3 unspecified atom stereocenters. The normalized spacial score (nSPS) is 36.1. The van der Waals surface area contributed by atoms with Crippen LogP contribution in [0.4, 0.5) is 0 Å². The number of aliphatic hydroxyl groups is 1. The molecule has 0 aromatic carbocycles. The average molecular weight is 284 g/mol. The topological polar surface area (TPSA) is 44.7 Å². The minimum Gasteiger partial charge on any atom is -0.393 e. The van der Waals surface area contributed by atoms with E-state index in [0.717, 1.165) is 52.4 Å². The summed E-state index contributed by atoms with van der Waals surface area (Å²) in [5.74, 6) is 0.397. The zero-order chi connectivity index (χ0) is 14.4. The lowest BCUT2D eigenvalue weighted by Gasteiger charge is -2.44. The molecule has 0 spiro atoms. The quantitative estimate of drug-likeness (QED) is 0.725. The highest BCUT2D eigenvalue weighted by Gasteiger charge is 2.36. The molecule has 0 aliphatic carbocycles. The van der Waals surface area contributed by atoms with Crippen LogP contribution < -0.4 is 5.32 Å². The number of nitrogens with zero attached hydrogens (tertiary/aromatic N) is 1. The van der Waals surface area contributed by atoms with E-state index in [0.29, 0.717) is 5.92 Å². The van der Waals surface area contributed by atoms with Crippen LogP contribution in [0.15, 0.2) is 0 Å². The number of hydrogen-bond acceptors (Lipinski definition) is 4. The van der Waals surface area contributed by atoms with Crippen LogP contribution in [0.5, 0.6) is 0 Å². The molecule has 2 N–H and O–H groups in total. The van der Waals surface area contributed by atoms with Crippen LogP contribution in [0.25, 0.3) is 0 Å². The fraction of sp³-hybridized carbons (Fsp3) is 1.00. The molecule has 2 aliphatic heterocycles. The van der Waals surface area contributed by atoms with Crippen LogP contribution in [0.1, 0.15) is 39.5 Å². The van der Waals surface area contributed by atoms with E-state index >= 15 is 0 Å². The Morgan fingerprint density at radius 3 is 2.95 bits per heavy atom. The van der Waals surface area contributed by atoms with E-state index in [1.54, 1.807) is 0 Å². The van der Waals surface area contributed by atoms with Crippen LogP contribution in [-0.2, 0) is 4.74 Å². The molecule has 0 saturated carbocycles. The van der Waals surface area contributed by atoms with Crippen molar-refractivity contribution in [1.29, 1.82) is 0 Å². The van der Waals surface area contributed by atoms with Crippen molar-refractivity contribution >= 4 is 0 Å². The van der Waals surface area contributed by atoms with Gasteiger partial charge in [0.15, 0.2) is 0 Å². The molecule has 2 heterocycles. The van der Waals surface area contributed by atoms with Crippen molar-refractivity contribution in [3.63, 3.8) is 0 Å². The van der Waals surface area contributed by atoms with Crippen LogP contribution in [0.2, 0.25) is 0 Å². The van der Waals surface area contributed by atoms with Crippen molar-refractivity contribution in [2.75, 3.05) is 45.9 Å².